The number of nitrogens with zero attached hydrogens (tertiary/aromatic N) is 1. The van der Waals surface area contributed by atoms with Crippen molar-refractivity contribution in [1.82, 2.24) is 10.3 Å². The summed E-state index contributed by atoms with van der Waals surface area (Å²) in [5.41, 5.74) is 1.49. The number of amides is 1. The molecule has 1 amide bonds. The zero-order valence-corrected chi connectivity index (χ0v) is 15.3. The zero-order chi connectivity index (χ0) is 16.8. The molecule has 1 N–H and O–H groups in total. The van der Waals surface area contributed by atoms with Crippen LogP contribution < -0.4 is 10.1 Å². The molecule has 0 aliphatic carbocycles. The number of benzene rings is 1. The molecule has 1 aromatic heterocycles. The second-order valence-corrected chi connectivity index (χ2v) is 6.83. The zero-order valence-electron chi connectivity index (χ0n) is 13.0. The predicted octanol–water partition coefficient (Wildman–Crippen LogP) is 4.52. The van der Waals surface area contributed by atoms with Gasteiger partial charge in [-0.05, 0) is 38.3 Å². The van der Waals surface area contributed by atoms with E-state index in [2.05, 4.69) is 10.3 Å². The largest absolute Gasteiger partial charge is 0.494 e. The lowest BCUT2D eigenvalue weighted by molar-refractivity contribution is 0.0953. The number of ether oxygens (including phenoxy) is 1. The molecule has 2 aromatic rings. The first-order chi connectivity index (χ1) is 11.0. The van der Waals surface area contributed by atoms with Crippen LogP contribution in [-0.2, 0) is 6.42 Å². The summed E-state index contributed by atoms with van der Waals surface area (Å²) in [6.07, 6.45) is 2.81. The summed E-state index contributed by atoms with van der Waals surface area (Å²) in [6, 6.07) is 3.11. The van der Waals surface area contributed by atoms with Gasteiger partial charge in [-0.25, -0.2) is 4.98 Å². The topological polar surface area (TPSA) is 51.2 Å². The molecule has 0 fully saturated rings. The van der Waals surface area contributed by atoms with Gasteiger partial charge in [-0.2, -0.15) is 0 Å². The molecule has 4 nitrogen and oxygen atoms in total. The third-order valence-electron chi connectivity index (χ3n) is 3.23. The molecule has 0 spiro atoms. The summed E-state index contributed by atoms with van der Waals surface area (Å²) in [4.78, 5) is 16.5. The number of thiazole rings is 1. The van der Waals surface area contributed by atoms with Gasteiger partial charge in [-0.3, -0.25) is 4.79 Å². The third-order valence-corrected chi connectivity index (χ3v) is 4.82. The minimum atomic E-state index is -0.193. The van der Waals surface area contributed by atoms with Crippen LogP contribution in [0.5, 0.6) is 5.75 Å². The lowest BCUT2D eigenvalue weighted by Crippen LogP contribution is -2.24. The Bertz CT molecular complexity index is 665. The number of carbonyl (C=O) groups excluding carboxylic acids is 1. The maximum Gasteiger partial charge on any atom is 0.251 e. The van der Waals surface area contributed by atoms with Crippen LogP contribution in [-0.4, -0.2) is 24.5 Å². The number of hydrogen-bond acceptors (Lipinski definition) is 4. The highest BCUT2D eigenvalue weighted by Gasteiger charge is 2.13. The van der Waals surface area contributed by atoms with Crippen LogP contribution in [0.3, 0.4) is 0 Å². The van der Waals surface area contributed by atoms with Gasteiger partial charge in [0.05, 0.1) is 22.2 Å². The molecule has 1 aromatic carbocycles. The van der Waals surface area contributed by atoms with E-state index in [-0.39, 0.29) is 5.91 Å². The summed E-state index contributed by atoms with van der Waals surface area (Å²) < 4.78 is 5.07. The second kappa shape index (κ2) is 8.52. The van der Waals surface area contributed by atoms with Crippen molar-refractivity contribution >= 4 is 40.4 Å². The molecule has 0 bridgehead atoms. The van der Waals surface area contributed by atoms with Crippen molar-refractivity contribution in [3.05, 3.63) is 43.8 Å². The van der Waals surface area contributed by atoms with Crippen molar-refractivity contribution in [3.8, 4) is 5.75 Å². The van der Waals surface area contributed by atoms with Crippen LogP contribution in [0.2, 0.25) is 10.0 Å². The molecule has 23 heavy (non-hydrogen) atoms. The number of aryl methyl sites for hydroxylation is 2. The Morgan fingerprint density at radius 3 is 2.57 bits per heavy atom. The number of halogens is 2. The van der Waals surface area contributed by atoms with Gasteiger partial charge in [-0.15, -0.1) is 11.3 Å². The van der Waals surface area contributed by atoms with Crippen LogP contribution in [0.1, 0.15) is 33.9 Å². The fourth-order valence-corrected chi connectivity index (χ4v) is 3.57. The van der Waals surface area contributed by atoms with Gasteiger partial charge in [0.25, 0.3) is 5.91 Å². The Labute approximate surface area is 149 Å². The fourth-order valence-electron chi connectivity index (χ4n) is 2.11. The number of hydrogen-bond donors (Lipinski definition) is 1. The minimum absolute atomic E-state index is 0.193. The van der Waals surface area contributed by atoms with E-state index < -0.39 is 0 Å². The lowest BCUT2D eigenvalue weighted by Gasteiger charge is -2.09. The van der Waals surface area contributed by atoms with Crippen molar-refractivity contribution in [1.29, 1.82) is 0 Å². The van der Waals surface area contributed by atoms with E-state index in [1.54, 1.807) is 23.5 Å². The van der Waals surface area contributed by atoms with E-state index in [9.17, 15) is 4.79 Å². The smallest absolute Gasteiger partial charge is 0.251 e. The maximum atomic E-state index is 12.1. The first-order valence-corrected chi connectivity index (χ1v) is 8.87. The summed E-state index contributed by atoms with van der Waals surface area (Å²) in [6.45, 7) is 2.59. The molecule has 0 unspecified atom stereocenters. The molecule has 124 valence electrons. The maximum absolute atomic E-state index is 12.1. The first-order valence-electron chi connectivity index (χ1n) is 7.23. The van der Waals surface area contributed by atoms with Gasteiger partial charge >= 0.3 is 0 Å². The predicted molar refractivity (Wildman–Crippen MR) is 95.1 cm³/mol. The summed E-state index contributed by atoms with van der Waals surface area (Å²) >= 11 is 13.8. The summed E-state index contributed by atoms with van der Waals surface area (Å²) in [5, 5.41) is 6.71. The number of unbranched alkanes of at least 4 members (excludes halogenated alkanes) is 1. The number of methoxy groups -OCH3 is 1. The second-order valence-electron chi connectivity index (χ2n) is 5.07. The normalized spacial score (nSPS) is 10.6. The minimum Gasteiger partial charge on any atom is -0.494 e. The standard InChI is InChI=1S/C16H18Cl2N2O2S/c1-10-9-23-14(20-10)5-3-4-6-19-16(21)11-7-12(17)15(22-2)13(18)8-11/h7-9H,3-6H2,1-2H3,(H,19,21). The molecule has 0 saturated heterocycles. The molecule has 0 aliphatic heterocycles. The molecule has 7 heteroatoms. The Hall–Kier alpha value is -1.30. The quantitative estimate of drug-likeness (QED) is 0.726. The van der Waals surface area contributed by atoms with Crippen LogP contribution in [0, 0.1) is 6.92 Å². The summed E-state index contributed by atoms with van der Waals surface area (Å²) in [5.74, 6) is 0.185. The van der Waals surface area contributed by atoms with Crippen molar-refractivity contribution in [2.24, 2.45) is 0 Å². The average molecular weight is 373 g/mol. The number of aromatic nitrogens is 1. The molecule has 0 radical (unpaired) electrons. The fraction of sp³-hybridized carbons (Fsp3) is 0.375. The van der Waals surface area contributed by atoms with Crippen molar-refractivity contribution in [2.45, 2.75) is 26.2 Å². The van der Waals surface area contributed by atoms with Gasteiger partial charge in [0.2, 0.25) is 0 Å². The third kappa shape index (κ3) is 5.09. The molecule has 0 atom stereocenters. The Kier molecular flexibility index (Phi) is 6.69. The van der Waals surface area contributed by atoms with E-state index in [0.29, 0.717) is 27.9 Å². The van der Waals surface area contributed by atoms with Gasteiger partial charge < -0.3 is 10.1 Å². The van der Waals surface area contributed by atoms with Crippen molar-refractivity contribution in [2.75, 3.05) is 13.7 Å². The SMILES string of the molecule is COc1c(Cl)cc(C(=O)NCCCCc2nc(C)cs2)cc1Cl. The van der Waals surface area contributed by atoms with Crippen molar-refractivity contribution in [3.63, 3.8) is 0 Å². The lowest BCUT2D eigenvalue weighted by atomic mass is 10.2. The van der Waals surface area contributed by atoms with Gasteiger partial charge in [0.15, 0.2) is 5.75 Å². The monoisotopic (exact) mass is 372 g/mol. The number of nitrogens with one attached hydrogen (secondary N) is 1. The molecule has 0 aliphatic rings. The van der Waals surface area contributed by atoms with Crippen molar-refractivity contribution < 1.29 is 9.53 Å². The molecule has 0 saturated carbocycles. The Balaban J connectivity index is 1.78. The summed E-state index contributed by atoms with van der Waals surface area (Å²) in [7, 11) is 1.48. The van der Waals surface area contributed by atoms with Gasteiger partial charge in [-0.1, -0.05) is 23.2 Å². The van der Waals surface area contributed by atoms with Crippen LogP contribution in [0.25, 0.3) is 0 Å². The van der Waals surface area contributed by atoms with Crippen LogP contribution >= 0.6 is 34.5 Å². The highest BCUT2D eigenvalue weighted by Crippen LogP contribution is 2.33. The molecule has 2 rings (SSSR count). The van der Waals surface area contributed by atoms with E-state index in [0.717, 1.165) is 30.0 Å². The van der Waals surface area contributed by atoms with E-state index in [4.69, 9.17) is 27.9 Å². The van der Waals surface area contributed by atoms with E-state index >= 15 is 0 Å². The highest BCUT2D eigenvalue weighted by molar-refractivity contribution is 7.09. The molecular weight excluding hydrogens is 355 g/mol. The highest BCUT2D eigenvalue weighted by atomic mass is 35.5. The first kappa shape index (κ1) is 18.0. The molecular formula is C16H18Cl2N2O2S. The van der Waals surface area contributed by atoms with Crippen LogP contribution in [0.15, 0.2) is 17.5 Å². The number of rotatable bonds is 7. The molecule has 1 heterocycles. The van der Waals surface area contributed by atoms with E-state index in [1.807, 2.05) is 12.3 Å². The number of carbonyl (C=O) groups is 1. The van der Waals surface area contributed by atoms with Gasteiger partial charge in [0, 0.05) is 23.2 Å². The Morgan fingerprint density at radius 1 is 1.30 bits per heavy atom. The van der Waals surface area contributed by atoms with E-state index in [1.165, 1.54) is 7.11 Å². The Morgan fingerprint density at radius 2 is 2.00 bits per heavy atom. The average Bonchev–Trinajstić information content (AvgIpc) is 2.92. The van der Waals surface area contributed by atoms with Gasteiger partial charge in [0.1, 0.15) is 0 Å². The van der Waals surface area contributed by atoms with Crippen LogP contribution in [0.4, 0.5) is 0 Å².